The first kappa shape index (κ1) is 9.44. The average Bonchev–Trinajstić information content (AvgIpc) is 2.20. The molecule has 2 nitrogen and oxygen atoms in total. The highest BCUT2D eigenvalue weighted by Gasteiger charge is 2.03. The monoisotopic (exact) mass is 223 g/mol. The molecule has 2 aromatic rings. The van der Waals surface area contributed by atoms with Crippen molar-refractivity contribution >= 4 is 23.2 Å². The van der Waals surface area contributed by atoms with Crippen LogP contribution in [-0.4, -0.2) is 9.97 Å². The summed E-state index contributed by atoms with van der Waals surface area (Å²) in [7, 11) is 0. The van der Waals surface area contributed by atoms with Crippen molar-refractivity contribution in [1.82, 2.24) is 9.97 Å². The third-order valence-electron chi connectivity index (χ3n) is 1.72. The summed E-state index contributed by atoms with van der Waals surface area (Å²) in [5, 5.41) is 0.887. The van der Waals surface area contributed by atoms with Gasteiger partial charge in [0.05, 0.1) is 16.9 Å². The minimum Gasteiger partial charge on any atom is -0.241 e. The molecule has 0 saturated carbocycles. The number of aromatic nitrogens is 2. The summed E-state index contributed by atoms with van der Waals surface area (Å²) in [6, 6.07) is 7.41. The van der Waals surface area contributed by atoms with E-state index in [-0.39, 0.29) is 5.15 Å². The molecule has 0 unspecified atom stereocenters. The second-order valence-corrected chi connectivity index (χ2v) is 3.40. The van der Waals surface area contributed by atoms with Gasteiger partial charge < -0.3 is 0 Å². The van der Waals surface area contributed by atoms with Gasteiger partial charge in [0.15, 0.2) is 5.15 Å². The first-order valence-corrected chi connectivity index (χ1v) is 4.68. The Balaban J connectivity index is 2.50. The fraction of sp³-hybridized carbons (Fsp3) is 0. The van der Waals surface area contributed by atoms with E-state index in [0.29, 0.717) is 10.7 Å². The van der Waals surface area contributed by atoms with Gasteiger partial charge in [-0.2, -0.15) is 0 Å². The summed E-state index contributed by atoms with van der Waals surface area (Å²) in [6.45, 7) is 0. The van der Waals surface area contributed by atoms with Crippen molar-refractivity contribution in [3.63, 3.8) is 0 Å². The molecule has 0 N–H and O–H groups in total. The van der Waals surface area contributed by atoms with E-state index in [4.69, 9.17) is 23.2 Å². The molecule has 14 heavy (non-hydrogen) atoms. The molecule has 0 aliphatic rings. The minimum absolute atomic E-state index is 0.251. The summed E-state index contributed by atoms with van der Waals surface area (Å²) in [5.41, 5.74) is 1.49. The Hall–Kier alpha value is -1.12. The van der Waals surface area contributed by atoms with Gasteiger partial charge in [-0.1, -0.05) is 41.4 Å². The van der Waals surface area contributed by atoms with Crippen LogP contribution >= 0.6 is 23.2 Å². The number of halogens is 2. The van der Waals surface area contributed by atoms with E-state index in [1.165, 1.54) is 0 Å². The molecule has 2 rings (SSSR count). The topological polar surface area (TPSA) is 25.8 Å². The fourth-order valence-corrected chi connectivity index (χ4v) is 1.40. The van der Waals surface area contributed by atoms with E-state index in [1.807, 2.05) is 18.2 Å². The normalized spacial score (nSPS) is 10.1. The Morgan fingerprint density at radius 3 is 2.57 bits per heavy atom. The van der Waals surface area contributed by atoms with Gasteiger partial charge in [-0.15, -0.1) is 0 Å². The van der Waals surface area contributed by atoms with Gasteiger partial charge in [-0.25, -0.2) is 9.97 Å². The molecule has 0 saturated heterocycles. The molecule has 0 aliphatic carbocycles. The molecule has 1 radical (unpaired) electrons. The average molecular weight is 224 g/mol. The second-order valence-electron chi connectivity index (χ2n) is 2.64. The predicted octanol–water partition coefficient (Wildman–Crippen LogP) is 3.25. The number of hydrogen-bond acceptors (Lipinski definition) is 2. The Kier molecular flexibility index (Phi) is 2.66. The minimum atomic E-state index is 0.251. The van der Waals surface area contributed by atoms with E-state index < -0.39 is 0 Å². The molecule has 0 aliphatic heterocycles. The maximum Gasteiger partial charge on any atom is 0.157 e. The number of benzene rings is 1. The van der Waals surface area contributed by atoms with Crippen LogP contribution < -0.4 is 0 Å². The molecule has 69 valence electrons. The number of nitrogens with zero attached hydrogens (tertiary/aromatic N) is 2. The summed E-state index contributed by atoms with van der Waals surface area (Å²) < 4.78 is 0. The Bertz CT molecular complexity index is 440. The molecule has 0 atom stereocenters. The van der Waals surface area contributed by atoms with Crippen molar-refractivity contribution in [3.8, 4) is 11.3 Å². The first-order chi connectivity index (χ1) is 6.77. The van der Waals surface area contributed by atoms with Crippen LogP contribution in [0.3, 0.4) is 0 Å². The molecule has 4 heteroatoms. The maximum absolute atomic E-state index is 5.98. The van der Waals surface area contributed by atoms with E-state index in [1.54, 1.807) is 12.3 Å². The third-order valence-corrected chi connectivity index (χ3v) is 2.23. The van der Waals surface area contributed by atoms with Crippen molar-refractivity contribution in [2.45, 2.75) is 0 Å². The first-order valence-electron chi connectivity index (χ1n) is 3.92. The van der Waals surface area contributed by atoms with Crippen LogP contribution in [-0.2, 0) is 0 Å². The van der Waals surface area contributed by atoms with Crippen LogP contribution in [0.4, 0.5) is 0 Å². The predicted molar refractivity (Wildman–Crippen MR) is 56.3 cm³/mol. The molecular weight excluding hydrogens is 219 g/mol. The van der Waals surface area contributed by atoms with Gasteiger partial charge >= 0.3 is 0 Å². The zero-order valence-electron chi connectivity index (χ0n) is 7.04. The van der Waals surface area contributed by atoms with Gasteiger partial charge in [0, 0.05) is 5.56 Å². The Morgan fingerprint density at radius 1 is 1.14 bits per heavy atom. The molecule has 0 fully saturated rings. The molecular formula is C10H5Cl2N2. The summed E-state index contributed by atoms with van der Waals surface area (Å²) in [4.78, 5) is 7.89. The molecule has 1 aromatic carbocycles. The van der Waals surface area contributed by atoms with E-state index in [9.17, 15) is 0 Å². The second kappa shape index (κ2) is 3.95. The zero-order chi connectivity index (χ0) is 9.97. The highest BCUT2D eigenvalue weighted by molar-refractivity contribution is 6.33. The van der Waals surface area contributed by atoms with Crippen molar-refractivity contribution in [1.29, 1.82) is 0 Å². The van der Waals surface area contributed by atoms with Crippen LogP contribution in [0.25, 0.3) is 11.3 Å². The van der Waals surface area contributed by atoms with Gasteiger partial charge in [-0.05, 0) is 6.07 Å². The number of rotatable bonds is 1. The highest BCUT2D eigenvalue weighted by atomic mass is 35.5. The highest BCUT2D eigenvalue weighted by Crippen LogP contribution is 2.25. The Labute approximate surface area is 91.5 Å². The lowest BCUT2D eigenvalue weighted by Gasteiger charge is -2.01. The lowest BCUT2D eigenvalue weighted by Crippen LogP contribution is -1.86. The standard InChI is InChI=1S/C10H5Cl2N2/c11-8-4-2-1-3-7(8)9-5-14-10(12)6-13-9/h1-5H. The summed E-state index contributed by atoms with van der Waals surface area (Å²) >= 11 is 11.6. The largest absolute Gasteiger partial charge is 0.241 e. The summed E-state index contributed by atoms with van der Waals surface area (Å²) in [6.07, 6.45) is 4.14. The van der Waals surface area contributed by atoms with Crippen molar-refractivity contribution in [3.05, 3.63) is 46.8 Å². The maximum atomic E-state index is 5.98. The SMILES string of the molecule is Clc1[c]nc(-c2ccccc2Cl)cn1. The smallest absolute Gasteiger partial charge is 0.157 e. The third kappa shape index (κ3) is 1.86. The van der Waals surface area contributed by atoms with Crippen molar-refractivity contribution in [2.75, 3.05) is 0 Å². The lowest BCUT2D eigenvalue weighted by molar-refractivity contribution is 1.19. The van der Waals surface area contributed by atoms with Crippen LogP contribution in [0.5, 0.6) is 0 Å². The van der Waals surface area contributed by atoms with Gasteiger partial charge in [0.1, 0.15) is 6.20 Å². The molecule has 0 amide bonds. The van der Waals surface area contributed by atoms with Crippen molar-refractivity contribution < 1.29 is 0 Å². The number of hydrogen-bond donors (Lipinski definition) is 0. The zero-order valence-corrected chi connectivity index (χ0v) is 8.55. The fourth-order valence-electron chi connectivity index (χ4n) is 1.08. The van der Waals surface area contributed by atoms with Crippen molar-refractivity contribution in [2.24, 2.45) is 0 Å². The molecule has 0 bridgehead atoms. The Morgan fingerprint density at radius 2 is 1.93 bits per heavy atom. The molecule has 0 spiro atoms. The van der Waals surface area contributed by atoms with Crippen LogP contribution in [0.2, 0.25) is 10.2 Å². The van der Waals surface area contributed by atoms with Gasteiger partial charge in [-0.3, -0.25) is 0 Å². The molecule has 1 heterocycles. The van der Waals surface area contributed by atoms with Gasteiger partial charge in [0.2, 0.25) is 0 Å². The van der Waals surface area contributed by atoms with Crippen LogP contribution in [0.15, 0.2) is 30.5 Å². The van der Waals surface area contributed by atoms with Gasteiger partial charge in [0.25, 0.3) is 0 Å². The quantitative estimate of drug-likeness (QED) is 0.742. The van der Waals surface area contributed by atoms with E-state index in [2.05, 4.69) is 16.2 Å². The molecule has 1 aromatic heterocycles. The van der Waals surface area contributed by atoms with Crippen LogP contribution in [0, 0.1) is 6.20 Å². The lowest BCUT2D eigenvalue weighted by atomic mass is 10.2. The van der Waals surface area contributed by atoms with E-state index in [0.717, 1.165) is 5.56 Å². The summed E-state index contributed by atoms with van der Waals surface area (Å²) in [5.74, 6) is 0. The van der Waals surface area contributed by atoms with Crippen LogP contribution in [0.1, 0.15) is 0 Å². The van der Waals surface area contributed by atoms with E-state index >= 15 is 0 Å².